The predicted molar refractivity (Wildman–Crippen MR) is 99.7 cm³/mol. The molecule has 0 N–H and O–H groups in total. The molecule has 154 valence electrons. The van der Waals surface area contributed by atoms with Crippen LogP contribution in [0.4, 0.5) is 9.18 Å². The van der Waals surface area contributed by atoms with Gasteiger partial charge in [0, 0.05) is 19.6 Å². The summed E-state index contributed by atoms with van der Waals surface area (Å²) >= 11 is 0. The summed E-state index contributed by atoms with van der Waals surface area (Å²) in [6, 6.07) is 4.36. The lowest BCUT2D eigenvalue weighted by molar-refractivity contribution is -0.138. The molecule has 0 spiro atoms. The number of piperidine rings is 1. The van der Waals surface area contributed by atoms with Crippen molar-refractivity contribution in [3.8, 4) is 5.75 Å². The topological polar surface area (TPSA) is 68.3 Å². The SMILES string of the molecule is Cc1ccc(F)c(OCC(=O)N2CCCCC2COC(=O)N2CCOCC2)c1. The molecule has 8 heteroatoms. The Morgan fingerprint density at radius 3 is 2.79 bits per heavy atom. The van der Waals surface area contributed by atoms with Gasteiger partial charge in [-0.05, 0) is 43.9 Å². The summed E-state index contributed by atoms with van der Waals surface area (Å²) in [5.74, 6) is -0.651. The average Bonchev–Trinajstić information content (AvgIpc) is 2.73. The molecular formula is C20H27FN2O5. The maximum Gasteiger partial charge on any atom is 0.409 e. The number of nitrogens with zero attached hydrogens (tertiary/aromatic N) is 2. The lowest BCUT2D eigenvalue weighted by Crippen LogP contribution is -2.49. The summed E-state index contributed by atoms with van der Waals surface area (Å²) in [6.45, 7) is 4.38. The van der Waals surface area contributed by atoms with Gasteiger partial charge in [0.25, 0.3) is 5.91 Å². The normalized spacial score (nSPS) is 20.0. The Hall–Kier alpha value is -2.35. The first kappa shape index (κ1) is 20.4. The second-order valence-electron chi connectivity index (χ2n) is 7.14. The van der Waals surface area contributed by atoms with E-state index >= 15 is 0 Å². The van der Waals surface area contributed by atoms with Crippen LogP contribution in [0.2, 0.25) is 0 Å². The molecule has 2 amide bonds. The highest BCUT2D eigenvalue weighted by atomic mass is 19.1. The molecule has 2 aliphatic heterocycles. The van der Waals surface area contributed by atoms with Crippen LogP contribution in [0.15, 0.2) is 18.2 Å². The van der Waals surface area contributed by atoms with Crippen molar-refractivity contribution in [3.63, 3.8) is 0 Å². The van der Waals surface area contributed by atoms with Gasteiger partial charge in [-0.15, -0.1) is 0 Å². The summed E-state index contributed by atoms with van der Waals surface area (Å²) in [6.07, 6.45) is 2.25. The third kappa shape index (κ3) is 5.34. The molecule has 0 aliphatic carbocycles. The van der Waals surface area contributed by atoms with Crippen LogP contribution in [0.3, 0.4) is 0 Å². The highest BCUT2D eigenvalue weighted by Crippen LogP contribution is 2.21. The second-order valence-corrected chi connectivity index (χ2v) is 7.14. The Bertz CT molecular complexity index is 693. The van der Waals surface area contributed by atoms with Gasteiger partial charge in [0.1, 0.15) is 6.61 Å². The van der Waals surface area contributed by atoms with E-state index in [0.717, 1.165) is 24.8 Å². The van der Waals surface area contributed by atoms with Gasteiger partial charge in [0.2, 0.25) is 0 Å². The van der Waals surface area contributed by atoms with Gasteiger partial charge in [0.15, 0.2) is 18.2 Å². The number of amides is 2. The van der Waals surface area contributed by atoms with Gasteiger partial charge >= 0.3 is 6.09 Å². The van der Waals surface area contributed by atoms with Gasteiger partial charge in [-0.25, -0.2) is 9.18 Å². The summed E-state index contributed by atoms with van der Waals surface area (Å²) in [7, 11) is 0. The molecular weight excluding hydrogens is 367 g/mol. The van der Waals surface area contributed by atoms with E-state index in [-0.39, 0.29) is 37.0 Å². The first-order valence-electron chi connectivity index (χ1n) is 9.72. The van der Waals surface area contributed by atoms with Crippen LogP contribution in [0.1, 0.15) is 24.8 Å². The van der Waals surface area contributed by atoms with Crippen LogP contribution in [0.25, 0.3) is 0 Å². The van der Waals surface area contributed by atoms with Crippen molar-refractivity contribution in [2.75, 3.05) is 46.1 Å². The summed E-state index contributed by atoms with van der Waals surface area (Å²) < 4.78 is 29.9. The van der Waals surface area contributed by atoms with Crippen LogP contribution >= 0.6 is 0 Å². The van der Waals surface area contributed by atoms with Crippen molar-refractivity contribution < 1.29 is 28.2 Å². The molecule has 0 bridgehead atoms. The standard InChI is InChI=1S/C20H27FN2O5/c1-15-5-6-17(21)18(12-15)27-14-19(24)23-7-3-2-4-16(23)13-28-20(25)22-8-10-26-11-9-22/h5-6,12,16H,2-4,7-11,13-14H2,1H3. The molecule has 2 saturated heterocycles. The minimum atomic E-state index is -0.493. The fraction of sp³-hybridized carbons (Fsp3) is 0.600. The highest BCUT2D eigenvalue weighted by molar-refractivity contribution is 5.78. The fourth-order valence-corrected chi connectivity index (χ4v) is 3.45. The first-order valence-corrected chi connectivity index (χ1v) is 9.72. The molecule has 1 aromatic rings. The van der Waals surface area contributed by atoms with Crippen molar-refractivity contribution in [1.29, 1.82) is 0 Å². The van der Waals surface area contributed by atoms with Crippen LogP contribution < -0.4 is 4.74 Å². The van der Waals surface area contributed by atoms with E-state index in [1.807, 2.05) is 6.92 Å². The third-order valence-electron chi connectivity index (χ3n) is 5.05. The molecule has 0 saturated carbocycles. The first-order chi connectivity index (χ1) is 13.5. The van der Waals surface area contributed by atoms with Gasteiger partial charge in [0.05, 0.1) is 19.3 Å². The Morgan fingerprint density at radius 2 is 2.00 bits per heavy atom. The van der Waals surface area contributed by atoms with E-state index in [4.69, 9.17) is 14.2 Å². The summed E-state index contributed by atoms with van der Waals surface area (Å²) in [5, 5.41) is 0. The Balaban J connectivity index is 1.52. The fourth-order valence-electron chi connectivity index (χ4n) is 3.45. The van der Waals surface area contributed by atoms with E-state index in [1.165, 1.54) is 6.07 Å². The zero-order valence-corrected chi connectivity index (χ0v) is 16.2. The van der Waals surface area contributed by atoms with Crippen LogP contribution in [-0.2, 0) is 14.3 Å². The van der Waals surface area contributed by atoms with E-state index in [0.29, 0.717) is 32.8 Å². The smallest absolute Gasteiger partial charge is 0.409 e. The molecule has 28 heavy (non-hydrogen) atoms. The minimum Gasteiger partial charge on any atom is -0.481 e. The number of halogens is 1. The van der Waals surface area contributed by atoms with Crippen molar-refractivity contribution >= 4 is 12.0 Å². The second kappa shape index (κ2) is 9.73. The lowest BCUT2D eigenvalue weighted by atomic mass is 10.0. The van der Waals surface area contributed by atoms with E-state index in [2.05, 4.69) is 0 Å². The molecule has 1 aromatic carbocycles. The predicted octanol–water partition coefficient (Wildman–Crippen LogP) is 2.36. The quantitative estimate of drug-likeness (QED) is 0.767. The molecule has 0 aromatic heterocycles. The summed E-state index contributed by atoms with van der Waals surface area (Å²) in [4.78, 5) is 28.1. The number of carbonyl (C=O) groups excluding carboxylic acids is 2. The molecule has 1 atom stereocenters. The van der Waals surface area contributed by atoms with Crippen molar-refractivity contribution in [3.05, 3.63) is 29.6 Å². The highest BCUT2D eigenvalue weighted by Gasteiger charge is 2.29. The van der Waals surface area contributed by atoms with E-state index < -0.39 is 5.82 Å². The van der Waals surface area contributed by atoms with Gasteiger partial charge < -0.3 is 24.0 Å². The number of hydrogen-bond acceptors (Lipinski definition) is 5. The Labute approximate surface area is 164 Å². The summed E-state index contributed by atoms with van der Waals surface area (Å²) in [5.41, 5.74) is 0.856. The molecule has 3 rings (SSSR count). The maximum absolute atomic E-state index is 13.8. The van der Waals surface area contributed by atoms with Crippen molar-refractivity contribution in [2.45, 2.75) is 32.2 Å². The molecule has 7 nitrogen and oxygen atoms in total. The zero-order valence-electron chi connectivity index (χ0n) is 16.2. The van der Waals surface area contributed by atoms with Crippen LogP contribution in [-0.4, -0.2) is 73.9 Å². The number of rotatable bonds is 5. The number of likely N-dealkylation sites (tertiary alicyclic amines) is 1. The molecule has 0 radical (unpaired) electrons. The number of ether oxygens (including phenoxy) is 3. The monoisotopic (exact) mass is 394 g/mol. The average molecular weight is 394 g/mol. The van der Waals surface area contributed by atoms with Crippen LogP contribution in [0.5, 0.6) is 5.75 Å². The number of carbonyl (C=O) groups is 2. The molecule has 2 heterocycles. The van der Waals surface area contributed by atoms with Gasteiger partial charge in [-0.1, -0.05) is 6.07 Å². The number of aryl methyl sites for hydroxylation is 1. The molecule has 2 aliphatic rings. The van der Waals surface area contributed by atoms with Crippen molar-refractivity contribution in [1.82, 2.24) is 9.80 Å². The number of hydrogen-bond donors (Lipinski definition) is 0. The van der Waals surface area contributed by atoms with Gasteiger partial charge in [-0.2, -0.15) is 0 Å². The third-order valence-corrected chi connectivity index (χ3v) is 5.05. The zero-order chi connectivity index (χ0) is 19.9. The number of morpholine rings is 1. The largest absolute Gasteiger partial charge is 0.481 e. The van der Waals surface area contributed by atoms with E-state index in [9.17, 15) is 14.0 Å². The Kier molecular flexibility index (Phi) is 7.08. The lowest BCUT2D eigenvalue weighted by Gasteiger charge is -2.36. The van der Waals surface area contributed by atoms with Crippen molar-refractivity contribution in [2.24, 2.45) is 0 Å². The molecule has 2 fully saturated rings. The number of benzene rings is 1. The van der Waals surface area contributed by atoms with E-state index in [1.54, 1.807) is 21.9 Å². The van der Waals surface area contributed by atoms with Crippen LogP contribution in [0, 0.1) is 12.7 Å². The Morgan fingerprint density at radius 1 is 1.21 bits per heavy atom. The maximum atomic E-state index is 13.8. The minimum absolute atomic E-state index is 0.0701. The van der Waals surface area contributed by atoms with Gasteiger partial charge in [-0.3, -0.25) is 4.79 Å². The molecule has 1 unspecified atom stereocenters.